The van der Waals surface area contributed by atoms with E-state index in [4.69, 9.17) is 0 Å². The van der Waals surface area contributed by atoms with Crippen molar-refractivity contribution >= 4 is 21.5 Å². The highest BCUT2D eigenvalue weighted by molar-refractivity contribution is 6.14. The van der Waals surface area contributed by atoms with Crippen LogP contribution in [0.2, 0.25) is 0 Å². The maximum atomic E-state index is 2.41. The van der Waals surface area contributed by atoms with E-state index in [-0.39, 0.29) is 0 Å². The first kappa shape index (κ1) is 27.4. The third kappa shape index (κ3) is 5.36. The Balaban J connectivity index is 1.20. The molecule has 6 aromatic rings. The highest BCUT2D eigenvalue weighted by atomic mass is 14.2. The Bertz CT molecular complexity index is 1760. The van der Waals surface area contributed by atoms with E-state index in [0.29, 0.717) is 0 Å². The SMILES string of the molecule is c1ccc(-c2c3ccc(-c4ccc(C5CCCCC5)cc4)cc3cc3cc(-c4ccc(C5CCCCC5)cc4)ccc23)cc1. The van der Waals surface area contributed by atoms with Crippen molar-refractivity contribution in [1.29, 1.82) is 0 Å². The molecule has 44 heavy (non-hydrogen) atoms. The van der Waals surface area contributed by atoms with E-state index < -0.39 is 0 Å². The fourth-order valence-electron chi connectivity index (χ4n) is 8.17. The largest absolute Gasteiger partial charge is 0.0622 e. The zero-order valence-electron chi connectivity index (χ0n) is 25.8. The van der Waals surface area contributed by atoms with Crippen LogP contribution in [0.3, 0.4) is 0 Å². The molecule has 0 heterocycles. The molecule has 8 rings (SSSR count). The smallest absolute Gasteiger partial charge is 0.00268 e. The lowest BCUT2D eigenvalue weighted by Crippen LogP contribution is -2.04. The highest BCUT2D eigenvalue weighted by Crippen LogP contribution is 2.40. The van der Waals surface area contributed by atoms with Crippen LogP contribution in [0, 0.1) is 0 Å². The van der Waals surface area contributed by atoms with E-state index in [1.165, 1.54) is 130 Å². The van der Waals surface area contributed by atoms with Gasteiger partial charge in [0.2, 0.25) is 0 Å². The van der Waals surface area contributed by atoms with Crippen LogP contribution in [-0.2, 0) is 0 Å². The van der Waals surface area contributed by atoms with Crippen LogP contribution in [0.15, 0.2) is 121 Å². The normalized spacial score (nSPS) is 16.5. The maximum Gasteiger partial charge on any atom is -0.00268 e. The third-order valence-electron chi connectivity index (χ3n) is 10.7. The zero-order chi connectivity index (χ0) is 29.3. The summed E-state index contributed by atoms with van der Waals surface area (Å²) in [7, 11) is 0. The molecule has 0 atom stereocenters. The minimum atomic E-state index is 0.742. The maximum absolute atomic E-state index is 2.41. The monoisotopic (exact) mass is 570 g/mol. The number of rotatable bonds is 5. The summed E-state index contributed by atoms with van der Waals surface area (Å²) >= 11 is 0. The topological polar surface area (TPSA) is 0 Å². The third-order valence-corrected chi connectivity index (χ3v) is 10.7. The minimum absolute atomic E-state index is 0.742. The van der Waals surface area contributed by atoms with Crippen molar-refractivity contribution in [2.45, 2.75) is 76.0 Å². The number of hydrogen-bond acceptors (Lipinski definition) is 0. The Kier molecular flexibility index (Phi) is 7.52. The molecule has 2 saturated carbocycles. The molecular weight excluding hydrogens is 528 g/mol. The first-order chi connectivity index (χ1) is 21.8. The van der Waals surface area contributed by atoms with Crippen molar-refractivity contribution in [1.82, 2.24) is 0 Å². The highest BCUT2D eigenvalue weighted by Gasteiger charge is 2.17. The van der Waals surface area contributed by atoms with Crippen LogP contribution in [-0.4, -0.2) is 0 Å². The van der Waals surface area contributed by atoms with Crippen LogP contribution < -0.4 is 0 Å². The molecule has 0 nitrogen and oxygen atoms in total. The van der Waals surface area contributed by atoms with Crippen LogP contribution in [0.25, 0.3) is 54.9 Å². The molecule has 2 aliphatic carbocycles. The Morgan fingerprint density at radius 2 is 0.773 bits per heavy atom. The molecule has 0 aromatic heterocycles. The molecule has 0 saturated heterocycles. The van der Waals surface area contributed by atoms with Gasteiger partial charge < -0.3 is 0 Å². The Morgan fingerprint density at radius 3 is 1.23 bits per heavy atom. The predicted octanol–water partition coefficient (Wildman–Crippen LogP) is 13.1. The molecule has 0 unspecified atom stereocenters. The van der Waals surface area contributed by atoms with Gasteiger partial charge in [-0.15, -0.1) is 0 Å². The minimum Gasteiger partial charge on any atom is -0.0622 e. The summed E-state index contributed by atoms with van der Waals surface area (Å²) in [5.74, 6) is 1.48. The fraction of sp³-hybridized carbons (Fsp3) is 0.273. The summed E-state index contributed by atoms with van der Waals surface area (Å²) in [4.78, 5) is 0. The lowest BCUT2D eigenvalue weighted by molar-refractivity contribution is 0.443. The first-order valence-corrected chi connectivity index (χ1v) is 17.1. The van der Waals surface area contributed by atoms with Gasteiger partial charge in [0.15, 0.2) is 0 Å². The molecule has 0 spiro atoms. The van der Waals surface area contributed by atoms with Crippen molar-refractivity contribution in [3.05, 3.63) is 132 Å². The molecule has 0 radical (unpaired) electrons. The molecule has 218 valence electrons. The lowest BCUT2D eigenvalue weighted by Gasteiger charge is -2.22. The predicted molar refractivity (Wildman–Crippen MR) is 189 cm³/mol. The van der Waals surface area contributed by atoms with Crippen molar-refractivity contribution in [3.63, 3.8) is 0 Å². The second-order valence-corrected chi connectivity index (χ2v) is 13.4. The number of fused-ring (bicyclic) bond motifs is 2. The molecule has 6 aromatic carbocycles. The zero-order valence-corrected chi connectivity index (χ0v) is 25.8. The van der Waals surface area contributed by atoms with Gasteiger partial charge in [-0.25, -0.2) is 0 Å². The van der Waals surface area contributed by atoms with Gasteiger partial charge in [0, 0.05) is 0 Å². The lowest BCUT2D eigenvalue weighted by atomic mass is 9.83. The Labute approximate surface area is 262 Å². The fourth-order valence-corrected chi connectivity index (χ4v) is 8.17. The standard InChI is InChI=1S/C44H42/c1-4-10-31(11-5-1)33-16-20-35(21-17-33)38-24-26-42-40(28-38)30-41-29-39(25-27-43(41)44(42)37-14-8-3-9-15-37)36-22-18-34(19-23-36)32-12-6-2-7-13-32/h3,8-9,14-32H,1-2,4-7,10-13H2. The van der Waals surface area contributed by atoms with Crippen molar-refractivity contribution in [2.75, 3.05) is 0 Å². The van der Waals surface area contributed by atoms with Gasteiger partial charge in [0.25, 0.3) is 0 Å². The van der Waals surface area contributed by atoms with E-state index in [1.54, 1.807) is 0 Å². The summed E-state index contributed by atoms with van der Waals surface area (Å²) in [6, 6.07) is 46.4. The van der Waals surface area contributed by atoms with Crippen LogP contribution in [0.1, 0.15) is 87.2 Å². The van der Waals surface area contributed by atoms with Gasteiger partial charge in [-0.1, -0.05) is 142 Å². The summed E-state index contributed by atoms with van der Waals surface area (Å²) < 4.78 is 0. The van der Waals surface area contributed by atoms with E-state index in [9.17, 15) is 0 Å². The van der Waals surface area contributed by atoms with Crippen LogP contribution in [0.5, 0.6) is 0 Å². The molecule has 0 aliphatic heterocycles. The van der Waals surface area contributed by atoms with Gasteiger partial charge in [-0.05, 0) is 122 Å². The molecule has 0 N–H and O–H groups in total. The van der Waals surface area contributed by atoms with Crippen LogP contribution in [0.4, 0.5) is 0 Å². The van der Waals surface area contributed by atoms with Gasteiger partial charge in [0.1, 0.15) is 0 Å². The van der Waals surface area contributed by atoms with E-state index in [0.717, 1.165) is 11.8 Å². The average Bonchev–Trinajstić information content (AvgIpc) is 3.11. The van der Waals surface area contributed by atoms with Gasteiger partial charge >= 0.3 is 0 Å². The molecule has 0 bridgehead atoms. The molecule has 0 heteroatoms. The van der Waals surface area contributed by atoms with Crippen molar-refractivity contribution in [2.24, 2.45) is 0 Å². The summed E-state index contributed by atoms with van der Waals surface area (Å²) in [6.07, 6.45) is 13.7. The quantitative estimate of drug-likeness (QED) is 0.181. The van der Waals surface area contributed by atoms with Crippen LogP contribution >= 0.6 is 0 Å². The molecule has 2 fully saturated rings. The number of benzene rings is 6. The second kappa shape index (κ2) is 12.1. The van der Waals surface area contributed by atoms with Gasteiger partial charge in [-0.2, -0.15) is 0 Å². The van der Waals surface area contributed by atoms with E-state index >= 15 is 0 Å². The molecule has 2 aliphatic rings. The first-order valence-electron chi connectivity index (χ1n) is 17.1. The van der Waals surface area contributed by atoms with Crippen molar-refractivity contribution in [3.8, 4) is 33.4 Å². The summed E-state index contributed by atoms with van der Waals surface area (Å²) in [5, 5.41) is 5.23. The Hall–Kier alpha value is -4.16. The summed E-state index contributed by atoms with van der Waals surface area (Å²) in [5.41, 5.74) is 10.8. The number of hydrogen-bond donors (Lipinski definition) is 0. The summed E-state index contributed by atoms with van der Waals surface area (Å²) in [6.45, 7) is 0. The molecular formula is C44H42. The molecule has 0 amide bonds. The van der Waals surface area contributed by atoms with Crippen molar-refractivity contribution < 1.29 is 0 Å². The van der Waals surface area contributed by atoms with E-state index in [1.807, 2.05) is 0 Å². The average molecular weight is 571 g/mol. The van der Waals surface area contributed by atoms with Gasteiger partial charge in [-0.3, -0.25) is 0 Å². The van der Waals surface area contributed by atoms with E-state index in [2.05, 4.69) is 121 Å². The van der Waals surface area contributed by atoms with Gasteiger partial charge in [0.05, 0.1) is 0 Å². The Morgan fingerprint density at radius 1 is 0.341 bits per heavy atom. The second-order valence-electron chi connectivity index (χ2n) is 13.4.